The molecule has 0 aliphatic rings. The molecule has 0 saturated carbocycles. The third-order valence-electron chi connectivity index (χ3n) is 3.68. The van der Waals surface area contributed by atoms with E-state index in [0.29, 0.717) is 5.92 Å². The van der Waals surface area contributed by atoms with E-state index in [-0.39, 0.29) is 5.82 Å². The van der Waals surface area contributed by atoms with Gasteiger partial charge in [-0.15, -0.1) is 0 Å². The normalized spacial score (nSPS) is 12.3. The van der Waals surface area contributed by atoms with Crippen molar-refractivity contribution in [1.29, 1.82) is 0 Å². The molecule has 0 radical (unpaired) electrons. The fraction of sp³-hybridized carbons (Fsp3) is 0.333. The molecule has 2 rings (SSSR count). The van der Waals surface area contributed by atoms with E-state index in [1.165, 1.54) is 17.2 Å². The second kappa shape index (κ2) is 7.20. The molecular weight excluding hydrogens is 249 g/mol. The van der Waals surface area contributed by atoms with E-state index in [1.807, 2.05) is 13.1 Å². The highest BCUT2D eigenvalue weighted by molar-refractivity contribution is 5.26. The van der Waals surface area contributed by atoms with Gasteiger partial charge in [-0.25, -0.2) is 4.39 Å². The van der Waals surface area contributed by atoms with Crippen molar-refractivity contribution in [3.63, 3.8) is 0 Å². The van der Waals surface area contributed by atoms with Crippen LogP contribution in [-0.2, 0) is 12.8 Å². The monoisotopic (exact) mass is 271 g/mol. The van der Waals surface area contributed by atoms with Crippen LogP contribution in [0.1, 0.15) is 16.7 Å². The first kappa shape index (κ1) is 14.7. The van der Waals surface area contributed by atoms with Crippen molar-refractivity contribution >= 4 is 0 Å². The highest BCUT2D eigenvalue weighted by Gasteiger charge is 2.11. The van der Waals surface area contributed by atoms with Crippen molar-refractivity contribution in [1.82, 2.24) is 5.32 Å². The van der Waals surface area contributed by atoms with Gasteiger partial charge < -0.3 is 5.32 Å². The molecule has 106 valence electrons. The maximum atomic E-state index is 13.3. The fourth-order valence-corrected chi connectivity index (χ4v) is 2.65. The lowest BCUT2D eigenvalue weighted by atomic mass is 9.90. The summed E-state index contributed by atoms with van der Waals surface area (Å²) >= 11 is 0. The van der Waals surface area contributed by atoms with Crippen LogP contribution in [0.5, 0.6) is 0 Å². The molecule has 1 unspecified atom stereocenters. The van der Waals surface area contributed by atoms with Crippen LogP contribution < -0.4 is 5.32 Å². The predicted octanol–water partition coefficient (Wildman–Crippen LogP) is 3.75. The molecule has 0 aliphatic heterocycles. The number of halogens is 1. The van der Waals surface area contributed by atoms with Gasteiger partial charge in [-0.05, 0) is 68.1 Å². The van der Waals surface area contributed by atoms with E-state index >= 15 is 0 Å². The van der Waals surface area contributed by atoms with E-state index < -0.39 is 0 Å². The summed E-state index contributed by atoms with van der Waals surface area (Å²) in [5.41, 5.74) is 3.77. The Bertz CT molecular complexity index is 551. The van der Waals surface area contributed by atoms with Crippen molar-refractivity contribution in [3.05, 3.63) is 71.0 Å². The molecule has 0 bridgehead atoms. The zero-order chi connectivity index (χ0) is 14.4. The van der Waals surface area contributed by atoms with Crippen molar-refractivity contribution < 1.29 is 4.39 Å². The molecule has 2 aromatic carbocycles. The van der Waals surface area contributed by atoms with E-state index in [2.05, 4.69) is 36.5 Å². The summed E-state index contributed by atoms with van der Waals surface area (Å²) in [5.74, 6) is 0.324. The quantitative estimate of drug-likeness (QED) is 0.843. The minimum atomic E-state index is -0.151. The Morgan fingerprint density at radius 1 is 1.05 bits per heavy atom. The van der Waals surface area contributed by atoms with Crippen LogP contribution in [-0.4, -0.2) is 13.6 Å². The Balaban J connectivity index is 2.09. The average molecular weight is 271 g/mol. The Labute approximate surface area is 120 Å². The summed E-state index contributed by atoms with van der Waals surface area (Å²) in [4.78, 5) is 0. The number of hydrogen-bond donors (Lipinski definition) is 1. The maximum Gasteiger partial charge on any atom is 0.123 e. The predicted molar refractivity (Wildman–Crippen MR) is 82.4 cm³/mol. The Morgan fingerprint density at radius 2 is 1.85 bits per heavy atom. The van der Waals surface area contributed by atoms with Gasteiger partial charge in [0.05, 0.1) is 0 Å². The first-order chi connectivity index (χ1) is 9.69. The summed E-state index contributed by atoms with van der Waals surface area (Å²) in [5, 5.41) is 3.25. The van der Waals surface area contributed by atoms with Crippen LogP contribution in [0.2, 0.25) is 0 Å². The smallest absolute Gasteiger partial charge is 0.123 e. The minimum Gasteiger partial charge on any atom is -0.319 e. The van der Waals surface area contributed by atoms with Gasteiger partial charge in [0.15, 0.2) is 0 Å². The number of rotatable bonds is 6. The van der Waals surface area contributed by atoms with Gasteiger partial charge in [0, 0.05) is 0 Å². The van der Waals surface area contributed by atoms with Gasteiger partial charge in [-0.3, -0.25) is 0 Å². The lowest BCUT2D eigenvalue weighted by Crippen LogP contribution is -2.23. The lowest BCUT2D eigenvalue weighted by molar-refractivity contribution is 0.491. The zero-order valence-electron chi connectivity index (χ0n) is 12.2. The second-order valence-corrected chi connectivity index (χ2v) is 5.39. The van der Waals surface area contributed by atoms with Gasteiger partial charge in [-0.2, -0.15) is 0 Å². The fourth-order valence-electron chi connectivity index (χ4n) is 2.65. The van der Waals surface area contributed by atoms with E-state index in [9.17, 15) is 4.39 Å². The minimum absolute atomic E-state index is 0.151. The lowest BCUT2D eigenvalue weighted by Gasteiger charge is -2.18. The largest absolute Gasteiger partial charge is 0.319 e. The topological polar surface area (TPSA) is 12.0 Å². The van der Waals surface area contributed by atoms with Gasteiger partial charge in [0.2, 0.25) is 0 Å². The van der Waals surface area contributed by atoms with Gasteiger partial charge in [0.1, 0.15) is 5.82 Å². The molecule has 0 aliphatic carbocycles. The summed E-state index contributed by atoms with van der Waals surface area (Å²) in [6.07, 6.45) is 1.91. The van der Waals surface area contributed by atoms with Crippen molar-refractivity contribution in [2.24, 2.45) is 5.92 Å². The molecule has 0 aromatic heterocycles. The molecule has 0 heterocycles. The summed E-state index contributed by atoms with van der Waals surface area (Å²) in [7, 11) is 1.97. The van der Waals surface area contributed by atoms with E-state index in [4.69, 9.17) is 0 Å². The number of hydrogen-bond acceptors (Lipinski definition) is 1. The van der Waals surface area contributed by atoms with Crippen LogP contribution in [0.4, 0.5) is 4.39 Å². The molecule has 20 heavy (non-hydrogen) atoms. The van der Waals surface area contributed by atoms with Crippen molar-refractivity contribution in [2.75, 3.05) is 13.6 Å². The first-order valence-corrected chi connectivity index (χ1v) is 7.12. The second-order valence-electron chi connectivity index (χ2n) is 5.39. The molecule has 1 N–H and O–H groups in total. The third-order valence-corrected chi connectivity index (χ3v) is 3.68. The number of benzene rings is 2. The SMILES string of the molecule is CNCC(Cc1cccc(F)c1)Cc1ccccc1C. The molecular formula is C18H22FN. The average Bonchev–Trinajstić information content (AvgIpc) is 2.42. The Morgan fingerprint density at radius 3 is 2.55 bits per heavy atom. The summed E-state index contributed by atoms with van der Waals surface area (Å²) in [6, 6.07) is 15.4. The Hall–Kier alpha value is -1.67. The molecule has 2 aromatic rings. The highest BCUT2D eigenvalue weighted by atomic mass is 19.1. The Kier molecular flexibility index (Phi) is 5.31. The molecule has 0 fully saturated rings. The van der Waals surface area contributed by atoms with Gasteiger partial charge in [-0.1, -0.05) is 36.4 Å². The standard InChI is InChI=1S/C18H22FN/c1-14-6-3-4-8-17(14)11-16(13-20-2)10-15-7-5-9-18(19)12-15/h3-9,12,16,20H,10-11,13H2,1-2H3. The number of aryl methyl sites for hydroxylation is 1. The first-order valence-electron chi connectivity index (χ1n) is 7.12. The van der Waals surface area contributed by atoms with Crippen LogP contribution in [0.25, 0.3) is 0 Å². The maximum absolute atomic E-state index is 13.3. The van der Waals surface area contributed by atoms with Gasteiger partial charge in [0.25, 0.3) is 0 Å². The van der Waals surface area contributed by atoms with Crippen LogP contribution in [0, 0.1) is 18.7 Å². The highest BCUT2D eigenvalue weighted by Crippen LogP contribution is 2.17. The molecule has 2 heteroatoms. The van der Waals surface area contributed by atoms with Crippen LogP contribution in [0.15, 0.2) is 48.5 Å². The molecule has 0 saturated heterocycles. The van der Waals surface area contributed by atoms with Crippen molar-refractivity contribution in [3.8, 4) is 0 Å². The van der Waals surface area contributed by atoms with Crippen molar-refractivity contribution in [2.45, 2.75) is 19.8 Å². The molecule has 0 spiro atoms. The van der Waals surface area contributed by atoms with Crippen LogP contribution >= 0.6 is 0 Å². The molecule has 1 atom stereocenters. The van der Waals surface area contributed by atoms with E-state index in [0.717, 1.165) is 24.9 Å². The number of nitrogens with one attached hydrogen (secondary N) is 1. The third kappa shape index (κ3) is 4.17. The summed E-state index contributed by atoms with van der Waals surface area (Å²) in [6.45, 7) is 3.08. The molecule has 1 nitrogen and oxygen atoms in total. The molecule has 0 amide bonds. The van der Waals surface area contributed by atoms with Crippen LogP contribution in [0.3, 0.4) is 0 Å². The zero-order valence-corrected chi connectivity index (χ0v) is 12.2. The summed E-state index contributed by atoms with van der Waals surface area (Å²) < 4.78 is 13.3. The van der Waals surface area contributed by atoms with E-state index in [1.54, 1.807) is 12.1 Å². The van der Waals surface area contributed by atoms with Gasteiger partial charge >= 0.3 is 0 Å².